The predicted molar refractivity (Wildman–Crippen MR) is 72.9 cm³/mol. The van der Waals surface area contributed by atoms with E-state index >= 15 is 0 Å². The van der Waals surface area contributed by atoms with E-state index in [1.54, 1.807) is 6.07 Å². The number of nitrogens with one attached hydrogen (secondary N) is 1. The number of hydrogen-bond donors (Lipinski definition) is 1. The van der Waals surface area contributed by atoms with E-state index in [0.717, 1.165) is 24.3 Å². The van der Waals surface area contributed by atoms with Crippen molar-refractivity contribution >= 4 is 11.8 Å². The van der Waals surface area contributed by atoms with Crippen molar-refractivity contribution in [1.82, 2.24) is 5.32 Å². The molecule has 1 N–H and O–H groups in total. The van der Waals surface area contributed by atoms with Gasteiger partial charge in [-0.2, -0.15) is 11.8 Å². The van der Waals surface area contributed by atoms with E-state index in [4.69, 9.17) is 0 Å². The summed E-state index contributed by atoms with van der Waals surface area (Å²) in [5.74, 6) is 0.883. The zero-order valence-electron chi connectivity index (χ0n) is 10.7. The van der Waals surface area contributed by atoms with Gasteiger partial charge in [0.25, 0.3) is 0 Å². The van der Waals surface area contributed by atoms with Gasteiger partial charge in [0.05, 0.1) is 0 Å². The molecule has 3 heteroatoms. The fraction of sp³-hybridized carbons (Fsp3) is 0.571. The zero-order valence-corrected chi connectivity index (χ0v) is 11.5. The molecule has 1 heterocycles. The summed E-state index contributed by atoms with van der Waals surface area (Å²) in [5, 5.41) is 4.00. The predicted octanol–water partition coefficient (Wildman–Crippen LogP) is 3.81. The van der Waals surface area contributed by atoms with Gasteiger partial charge in [-0.05, 0) is 37.1 Å². The minimum absolute atomic E-state index is 0.0498. The number of aryl methyl sites for hydroxylation is 1. The van der Waals surface area contributed by atoms with E-state index in [9.17, 15) is 4.39 Å². The molecular weight excluding hydrogens is 233 g/mol. The highest BCUT2D eigenvalue weighted by Gasteiger charge is 2.25. The first kappa shape index (κ1) is 12.9. The first-order valence-electron chi connectivity index (χ1n) is 6.26. The summed E-state index contributed by atoms with van der Waals surface area (Å²) in [6.07, 6.45) is 1.01. The molecule has 2 atom stereocenters. The molecule has 0 fully saturated rings. The van der Waals surface area contributed by atoms with Gasteiger partial charge in [0, 0.05) is 22.6 Å². The third-order valence-corrected chi connectivity index (χ3v) is 4.63. The largest absolute Gasteiger partial charge is 0.310 e. The number of hydrogen-bond acceptors (Lipinski definition) is 2. The van der Waals surface area contributed by atoms with Crippen molar-refractivity contribution in [2.75, 3.05) is 6.54 Å². The number of fused-ring (bicyclic) bond motifs is 1. The first-order valence-corrected chi connectivity index (χ1v) is 7.31. The van der Waals surface area contributed by atoms with E-state index in [-0.39, 0.29) is 11.9 Å². The van der Waals surface area contributed by atoms with Gasteiger partial charge in [-0.1, -0.05) is 19.9 Å². The van der Waals surface area contributed by atoms with Gasteiger partial charge in [-0.15, -0.1) is 0 Å². The second-order valence-electron chi connectivity index (χ2n) is 4.72. The summed E-state index contributed by atoms with van der Waals surface area (Å²) in [4.78, 5) is 0. The first-order chi connectivity index (χ1) is 8.13. The molecule has 0 radical (unpaired) electrons. The van der Waals surface area contributed by atoms with Gasteiger partial charge in [0.1, 0.15) is 5.82 Å². The molecule has 1 nitrogen and oxygen atoms in total. The van der Waals surface area contributed by atoms with Crippen LogP contribution < -0.4 is 5.32 Å². The Bertz CT molecular complexity index is 405. The summed E-state index contributed by atoms with van der Waals surface area (Å²) < 4.78 is 14.1. The van der Waals surface area contributed by atoms with Crippen molar-refractivity contribution in [2.24, 2.45) is 0 Å². The highest BCUT2D eigenvalue weighted by atomic mass is 32.2. The molecule has 1 aliphatic rings. The summed E-state index contributed by atoms with van der Waals surface area (Å²) >= 11 is 1.93. The second-order valence-corrected chi connectivity index (χ2v) is 6.15. The van der Waals surface area contributed by atoms with E-state index in [1.807, 2.05) is 17.8 Å². The van der Waals surface area contributed by atoms with Crippen molar-refractivity contribution < 1.29 is 4.39 Å². The topological polar surface area (TPSA) is 12.0 Å². The van der Waals surface area contributed by atoms with Crippen LogP contribution in [0.2, 0.25) is 0 Å². The maximum absolute atomic E-state index is 14.1. The molecule has 2 rings (SSSR count). The Labute approximate surface area is 107 Å². The zero-order chi connectivity index (χ0) is 12.4. The van der Waals surface area contributed by atoms with Crippen molar-refractivity contribution in [3.05, 3.63) is 34.6 Å². The molecule has 0 spiro atoms. The standard InChI is InChI=1S/C14H20FNS/c1-4-16-13-7-10(3)17-8-11-9(2)5-6-12(15)14(11)13/h5-6,10,13,16H,4,7-8H2,1-3H3. The van der Waals surface area contributed by atoms with Crippen LogP contribution in [0, 0.1) is 12.7 Å². The lowest BCUT2D eigenvalue weighted by atomic mass is 9.94. The van der Waals surface area contributed by atoms with Gasteiger partial charge >= 0.3 is 0 Å². The summed E-state index contributed by atoms with van der Waals surface area (Å²) in [6, 6.07) is 3.67. The molecule has 0 amide bonds. The Morgan fingerprint density at radius 1 is 1.47 bits per heavy atom. The van der Waals surface area contributed by atoms with Crippen molar-refractivity contribution in [3.63, 3.8) is 0 Å². The monoisotopic (exact) mass is 253 g/mol. The fourth-order valence-corrected chi connectivity index (χ4v) is 3.65. The summed E-state index contributed by atoms with van der Waals surface area (Å²) in [6.45, 7) is 7.27. The SMILES string of the molecule is CCNC1CC(C)SCc2c(C)ccc(F)c21. The van der Waals surface area contributed by atoms with E-state index in [1.165, 1.54) is 11.1 Å². The van der Waals surface area contributed by atoms with Crippen molar-refractivity contribution in [2.45, 2.75) is 44.2 Å². The quantitative estimate of drug-likeness (QED) is 0.860. The number of benzene rings is 1. The van der Waals surface area contributed by atoms with E-state index < -0.39 is 0 Å². The fourth-order valence-electron chi connectivity index (χ4n) is 2.49. The van der Waals surface area contributed by atoms with Crippen LogP contribution >= 0.6 is 11.8 Å². The molecule has 1 aromatic rings. The Hall–Kier alpha value is -0.540. The molecular formula is C14H20FNS. The second kappa shape index (κ2) is 5.40. The van der Waals surface area contributed by atoms with Crippen molar-refractivity contribution in [3.8, 4) is 0 Å². The molecule has 0 aliphatic carbocycles. The molecule has 0 aromatic heterocycles. The average molecular weight is 253 g/mol. The lowest BCUT2D eigenvalue weighted by molar-refractivity contribution is 0.485. The van der Waals surface area contributed by atoms with Crippen LogP contribution in [0.5, 0.6) is 0 Å². The lowest BCUT2D eigenvalue weighted by Gasteiger charge is -2.21. The van der Waals surface area contributed by atoms with Gasteiger partial charge in [-0.3, -0.25) is 0 Å². The Balaban J connectivity index is 2.47. The molecule has 0 saturated carbocycles. The van der Waals surface area contributed by atoms with Gasteiger partial charge in [-0.25, -0.2) is 4.39 Å². The Morgan fingerprint density at radius 3 is 2.94 bits per heavy atom. The average Bonchev–Trinajstić information content (AvgIpc) is 2.45. The molecule has 17 heavy (non-hydrogen) atoms. The van der Waals surface area contributed by atoms with Crippen LogP contribution in [-0.2, 0) is 5.75 Å². The third kappa shape index (κ3) is 2.66. The molecule has 2 unspecified atom stereocenters. The number of rotatable bonds is 2. The minimum Gasteiger partial charge on any atom is -0.310 e. The van der Waals surface area contributed by atoms with Crippen LogP contribution in [0.25, 0.3) is 0 Å². The van der Waals surface area contributed by atoms with Crippen LogP contribution in [0.15, 0.2) is 12.1 Å². The Kier molecular flexibility index (Phi) is 4.10. The maximum Gasteiger partial charge on any atom is 0.128 e. The minimum atomic E-state index is -0.0498. The van der Waals surface area contributed by atoms with Crippen LogP contribution in [0.1, 0.15) is 43.0 Å². The third-order valence-electron chi connectivity index (χ3n) is 3.42. The Morgan fingerprint density at radius 2 is 2.24 bits per heavy atom. The smallest absolute Gasteiger partial charge is 0.128 e. The molecule has 1 aliphatic heterocycles. The highest BCUT2D eigenvalue weighted by Crippen LogP contribution is 2.37. The van der Waals surface area contributed by atoms with Gasteiger partial charge in [0.15, 0.2) is 0 Å². The number of halogens is 1. The van der Waals surface area contributed by atoms with Gasteiger partial charge in [0.2, 0.25) is 0 Å². The maximum atomic E-state index is 14.1. The summed E-state index contributed by atoms with van der Waals surface area (Å²) in [5.41, 5.74) is 3.32. The lowest BCUT2D eigenvalue weighted by Crippen LogP contribution is -2.24. The van der Waals surface area contributed by atoms with Crippen LogP contribution in [-0.4, -0.2) is 11.8 Å². The number of thioether (sulfide) groups is 1. The van der Waals surface area contributed by atoms with Crippen LogP contribution in [0.3, 0.4) is 0 Å². The molecule has 0 saturated heterocycles. The molecule has 0 bridgehead atoms. The normalized spacial score (nSPS) is 24.2. The summed E-state index contributed by atoms with van der Waals surface area (Å²) in [7, 11) is 0. The van der Waals surface area contributed by atoms with Crippen LogP contribution in [0.4, 0.5) is 4.39 Å². The van der Waals surface area contributed by atoms with Crippen molar-refractivity contribution in [1.29, 1.82) is 0 Å². The van der Waals surface area contributed by atoms with Gasteiger partial charge < -0.3 is 5.32 Å². The van der Waals surface area contributed by atoms with E-state index in [0.29, 0.717) is 5.25 Å². The molecule has 94 valence electrons. The van der Waals surface area contributed by atoms with E-state index in [2.05, 4.69) is 26.1 Å². The highest BCUT2D eigenvalue weighted by molar-refractivity contribution is 7.99. The molecule has 1 aromatic carbocycles.